The number of benzene rings is 1. The molecule has 2 heteroatoms. The molecule has 1 fully saturated rings. The number of aryl methyl sites for hydroxylation is 1. The van der Waals surface area contributed by atoms with E-state index < -0.39 is 0 Å². The predicted octanol–water partition coefficient (Wildman–Crippen LogP) is 2.88. The summed E-state index contributed by atoms with van der Waals surface area (Å²) in [5.74, 6) is 1.78. The molecule has 1 aliphatic rings. The largest absolute Gasteiger partial charge is 0.497 e. The predicted molar refractivity (Wildman–Crippen MR) is 64.9 cm³/mol. The molecule has 0 bridgehead atoms. The third-order valence-corrected chi connectivity index (χ3v) is 3.89. The molecule has 3 atom stereocenters. The van der Waals surface area contributed by atoms with Crippen LogP contribution in [-0.2, 0) is 0 Å². The van der Waals surface area contributed by atoms with Crippen LogP contribution in [0, 0.1) is 12.8 Å². The molecule has 3 unspecified atom stereocenters. The summed E-state index contributed by atoms with van der Waals surface area (Å²) in [6.45, 7) is 4.27. The molecule has 0 saturated heterocycles. The first-order valence-electron chi connectivity index (χ1n) is 5.96. The molecule has 88 valence electrons. The van der Waals surface area contributed by atoms with Crippen molar-refractivity contribution in [3.63, 3.8) is 0 Å². The zero-order chi connectivity index (χ0) is 11.7. The molecule has 0 spiro atoms. The molecule has 0 amide bonds. The minimum absolute atomic E-state index is 0.133. The van der Waals surface area contributed by atoms with Crippen LogP contribution in [-0.4, -0.2) is 18.3 Å². The number of rotatable bonds is 2. The van der Waals surface area contributed by atoms with E-state index in [9.17, 15) is 5.11 Å². The fourth-order valence-electron chi connectivity index (χ4n) is 2.77. The third-order valence-electron chi connectivity index (χ3n) is 3.89. The first-order chi connectivity index (χ1) is 7.63. The van der Waals surface area contributed by atoms with Gasteiger partial charge in [0.2, 0.25) is 0 Å². The lowest BCUT2D eigenvalue weighted by Crippen LogP contribution is -2.14. The standard InChI is InChI=1S/C14H20O2/c1-9-8-11(16-3)4-5-12(9)13-6-7-14(15)10(13)2/h4-5,8,10,13-15H,6-7H2,1-3H3. The zero-order valence-corrected chi connectivity index (χ0v) is 10.2. The van der Waals surface area contributed by atoms with E-state index in [-0.39, 0.29) is 6.10 Å². The molecular weight excluding hydrogens is 200 g/mol. The summed E-state index contributed by atoms with van der Waals surface area (Å²) in [4.78, 5) is 0. The second-order valence-electron chi connectivity index (χ2n) is 4.83. The number of methoxy groups -OCH3 is 1. The molecule has 1 aromatic rings. The molecule has 16 heavy (non-hydrogen) atoms. The van der Waals surface area contributed by atoms with Crippen molar-refractivity contribution < 1.29 is 9.84 Å². The molecule has 0 radical (unpaired) electrons. The van der Waals surface area contributed by atoms with Gasteiger partial charge in [0.05, 0.1) is 13.2 Å². The number of ether oxygens (including phenoxy) is 1. The maximum absolute atomic E-state index is 9.80. The van der Waals surface area contributed by atoms with Gasteiger partial charge in [-0.15, -0.1) is 0 Å². The lowest BCUT2D eigenvalue weighted by Gasteiger charge is -2.20. The maximum atomic E-state index is 9.80. The monoisotopic (exact) mass is 220 g/mol. The quantitative estimate of drug-likeness (QED) is 0.830. The van der Waals surface area contributed by atoms with Gasteiger partial charge in [0.25, 0.3) is 0 Å². The van der Waals surface area contributed by atoms with Crippen LogP contribution in [0.15, 0.2) is 18.2 Å². The molecule has 1 saturated carbocycles. The molecule has 1 aliphatic carbocycles. The molecular formula is C14H20O2. The van der Waals surface area contributed by atoms with Crippen LogP contribution >= 0.6 is 0 Å². The van der Waals surface area contributed by atoms with Crippen molar-refractivity contribution in [2.45, 2.75) is 38.7 Å². The molecule has 0 aliphatic heterocycles. The Morgan fingerprint density at radius 1 is 1.31 bits per heavy atom. The van der Waals surface area contributed by atoms with E-state index in [1.165, 1.54) is 11.1 Å². The smallest absolute Gasteiger partial charge is 0.119 e. The maximum Gasteiger partial charge on any atom is 0.119 e. The Balaban J connectivity index is 2.27. The van der Waals surface area contributed by atoms with Gasteiger partial charge in [-0.2, -0.15) is 0 Å². The van der Waals surface area contributed by atoms with E-state index in [4.69, 9.17) is 4.74 Å². The third kappa shape index (κ3) is 1.94. The topological polar surface area (TPSA) is 29.5 Å². The molecule has 1 aromatic carbocycles. The van der Waals surface area contributed by atoms with Gasteiger partial charge in [-0.25, -0.2) is 0 Å². The number of aliphatic hydroxyl groups excluding tert-OH is 1. The van der Waals surface area contributed by atoms with E-state index in [1.54, 1.807) is 7.11 Å². The van der Waals surface area contributed by atoms with E-state index in [2.05, 4.69) is 26.0 Å². The van der Waals surface area contributed by atoms with Gasteiger partial charge in [-0.3, -0.25) is 0 Å². The van der Waals surface area contributed by atoms with Crippen LogP contribution in [0.5, 0.6) is 5.75 Å². The minimum atomic E-state index is -0.133. The van der Waals surface area contributed by atoms with Gasteiger partial charge >= 0.3 is 0 Å². The van der Waals surface area contributed by atoms with Crippen LogP contribution in [0.3, 0.4) is 0 Å². The van der Waals surface area contributed by atoms with E-state index >= 15 is 0 Å². The second kappa shape index (κ2) is 4.46. The van der Waals surface area contributed by atoms with Gasteiger partial charge in [0, 0.05) is 0 Å². The van der Waals surface area contributed by atoms with Crippen molar-refractivity contribution in [2.75, 3.05) is 7.11 Å². The van der Waals surface area contributed by atoms with Gasteiger partial charge in [-0.1, -0.05) is 13.0 Å². The Labute approximate surface area is 97.3 Å². The highest BCUT2D eigenvalue weighted by Gasteiger charge is 2.32. The number of hydrogen-bond acceptors (Lipinski definition) is 2. The van der Waals surface area contributed by atoms with Crippen LogP contribution in [0.1, 0.15) is 36.8 Å². The van der Waals surface area contributed by atoms with Crippen LogP contribution in [0.4, 0.5) is 0 Å². The second-order valence-corrected chi connectivity index (χ2v) is 4.83. The van der Waals surface area contributed by atoms with Crippen molar-refractivity contribution in [3.05, 3.63) is 29.3 Å². The normalized spacial score (nSPS) is 29.4. The Morgan fingerprint density at radius 3 is 2.56 bits per heavy atom. The summed E-state index contributed by atoms with van der Waals surface area (Å²) in [7, 11) is 1.69. The van der Waals surface area contributed by atoms with Crippen molar-refractivity contribution >= 4 is 0 Å². The van der Waals surface area contributed by atoms with Gasteiger partial charge < -0.3 is 9.84 Å². The zero-order valence-electron chi connectivity index (χ0n) is 10.2. The van der Waals surface area contributed by atoms with E-state index in [0.717, 1.165) is 18.6 Å². The molecule has 2 nitrogen and oxygen atoms in total. The lowest BCUT2D eigenvalue weighted by molar-refractivity contribution is 0.136. The summed E-state index contributed by atoms with van der Waals surface area (Å²) >= 11 is 0. The first-order valence-corrected chi connectivity index (χ1v) is 5.96. The molecule has 0 heterocycles. The molecule has 0 aromatic heterocycles. The van der Waals surface area contributed by atoms with Crippen molar-refractivity contribution in [3.8, 4) is 5.75 Å². The summed E-state index contributed by atoms with van der Waals surface area (Å²) in [5.41, 5.74) is 2.63. The van der Waals surface area contributed by atoms with Gasteiger partial charge in [0.1, 0.15) is 5.75 Å². The summed E-state index contributed by atoms with van der Waals surface area (Å²) in [5, 5.41) is 9.80. The Hall–Kier alpha value is -1.02. The number of aliphatic hydroxyl groups is 1. The van der Waals surface area contributed by atoms with E-state index in [0.29, 0.717) is 11.8 Å². The summed E-state index contributed by atoms with van der Waals surface area (Å²) in [6, 6.07) is 6.24. The lowest BCUT2D eigenvalue weighted by atomic mass is 9.87. The average molecular weight is 220 g/mol. The van der Waals surface area contributed by atoms with Gasteiger partial charge in [0.15, 0.2) is 0 Å². The van der Waals surface area contributed by atoms with Crippen molar-refractivity contribution in [1.29, 1.82) is 0 Å². The highest BCUT2D eigenvalue weighted by atomic mass is 16.5. The van der Waals surface area contributed by atoms with Crippen LogP contribution < -0.4 is 4.74 Å². The molecule has 2 rings (SSSR count). The first kappa shape index (κ1) is 11.5. The fraction of sp³-hybridized carbons (Fsp3) is 0.571. The fourth-order valence-corrected chi connectivity index (χ4v) is 2.77. The summed E-state index contributed by atoms with van der Waals surface area (Å²) < 4.78 is 5.21. The highest BCUT2D eigenvalue weighted by molar-refractivity contribution is 5.37. The Kier molecular flexibility index (Phi) is 3.20. The highest BCUT2D eigenvalue weighted by Crippen LogP contribution is 2.41. The number of hydrogen-bond donors (Lipinski definition) is 1. The molecule has 1 N–H and O–H groups in total. The van der Waals surface area contributed by atoms with Crippen LogP contribution in [0.25, 0.3) is 0 Å². The van der Waals surface area contributed by atoms with Gasteiger partial charge in [-0.05, 0) is 54.9 Å². The van der Waals surface area contributed by atoms with Crippen molar-refractivity contribution in [2.24, 2.45) is 5.92 Å². The van der Waals surface area contributed by atoms with E-state index in [1.807, 2.05) is 6.07 Å². The van der Waals surface area contributed by atoms with Crippen molar-refractivity contribution in [1.82, 2.24) is 0 Å². The summed E-state index contributed by atoms with van der Waals surface area (Å²) in [6.07, 6.45) is 1.89. The Morgan fingerprint density at radius 2 is 2.06 bits per heavy atom. The Bertz CT molecular complexity index is 373. The average Bonchev–Trinajstić information content (AvgIpc) is 2.60. The minimum Gasteiger partial charge on any atom is -0.497 e. The SMILES string of the molecule is COc1ccc(C2CCC(O)C2C)c(C)c1. The van der Waals surface area contributed by atoms with Crippen LogP contribution in [0.2, 0.25) is 0 Å².